The van der Waals surface area contributed by atoms with Crippen molar-refractivity contribution in [2.45, 2.75) is 4.90 Å². The van der Waals surface area contributed by atoms with E-state index >= 15 is 0 Å². The minimum Gasteiger partial charge on any atom is -0.216 e. The van der Waals surface area contributed by atoms with Crippen molar-refractivity contribution in [3.63, 3.8) is 0 Å². The van der Waals surface area contributed by atoms with Gasteiger partial charge in [0.25, 0.3) is 10.2 Å². The highest BCUT2D eigenvalue weighted by molar-refractivity contribution is 9.10. The zero-order valence-corrected chi connectivity index (χ0v) is 14.7. The highest BCUT2D eigenvalue weighted by Gasteiger charge is 2.31. The smallest absolute Gasteiger partial charge is 0.216 e. The molecule has 0 unspecified atom stereocenters. The molecule has 1 aliphatic heterocycles. The lowest BCUT2D eigenvalue weighted by Crippen LogP contribution is -2.52. The van der Waals surface area contributed by atoms with Crippen LogP contribution >= 0.6 is 27.5 Å². The maximum absolute atomic E-state index is 12.5. The maximum Gasteiger partial charge on any atom is 0.276 e. The van der Waals surface area contributed by atoms with Gasteiger partial charge in [-0.2, -0.15) is 17.0 Å². The fraction of sp³-hybridized carbons (Fsp3) is 0.400. The predicted molar refractivity (Wildman–Crippen MR) is 82.6 cm³/mol. The summed E-state index contributed by atoms with van der Waals surface area (Å²) < 4.78 is 50.1. The van der Waals surface area contributed by atoms with Crippen LogP contribution in [0.5, 0.6) is 0 Å². The standard InChI is InChI=1S/C10H13BrClN3O4S2/c11-9-7-8(1-2-10(9)12)20(16,17)14-3-5-15(6-4-14)21(13,18)19/h1-2,7H,3-6H2,(H2,13,18,19). The molecule has 118 valence electrons. The molecule has 0 radical (unpaired) electrons. The Morgan fingerprint density at radius 2 is 1.57 bits per heavy atom. The van der Waals surface area contributed by atoms with Gasteiger partial charge < -0.3 is 0 Å². The van der Waals surface area contributed by atoms with Gasteiger partial charge >= 0.3 is 0 Å². The van der Waals surface area contributed by atoms with Crippen molar-refractivity contribution in [3.8, 4) is 0 Å². The lowest BCUT2D eigenvalue weighted by Gasteiger charge is -2.32. The number of piperazine rings is 1. The number of rotatable bonds is 3. The number of nitrogens with zero attached hydrogens (tertiary/aromatic N) is 2. The summed E-state index contributed by atoms with van der Waals surface area (Å²) in [5.41, 5.74) is 0. The van der Waals surface area contributed by atoms with Gasteiger partial charge in [0.15, 0.2) is 0 Å². The lowest BCUT2D eigenvalue weighted by atomic mass is 10.4. The minimum absolute atomic E-state index is 0.0345. The zero-order chi connectivity index (χ0) is 15.8. The zero-order valence-electron chi connectivity index (χ0n) is 10.7. The Morgan fingerprint density at radius 3 is 2.05 bits per heavy atom. The van der Waals surface area contributed by atoms with E-state index in [4.69, 9.17) is 16.7 Å². The molecule has 0 atom stereocenters. The molecule has 0 amide bonds. The van der Waals surface area contributed by atoms with Crippen molar-refractivity contribution < 1.29 is 16.8 Å². The van der Waals surface area contributed by atoms with E-state index in [2.05, 4.69) is 15.9 Å². The van der Waals surface area contributed by atoms with Gasteiger partial charge in [-0.3, -0.25) is 0 Å². The van der Waals surface area contributed by atoms with Crippen molar-refractivity contribution in [1.29, 1.82) is 0 Å². The van der Waals surface area contributed by atoms with E-state index in [1.807, 2.05) is 0 Å². The fourth-order valence-electron chi connectivity index (χ4n) is 1.95. The number of sulfonamides is 1. The average Bonchev–Trinajstić information content (AvgIpc) is 2.41. The van der Waals surface area contributed by atoms with Crippen LogP contribution in [0.4, 0.5) is 0 Å². The van der Waals surface area contributed by atoms with Crippen molar-refractivity contribution in [3.05, 3.63) is 27.7 Å². The number of nitrogens with two attached hydrogens (primary N) is 1. The van der Waals surface area contributed by atoms with Crippen LogP contribution in [-0.2, 0) is 20.2 Å². The third kappa shape index (κ3) is 3.76. The summed E-state index contributed by atoms with van der Waals surface area (Å²) in [7, 11) is -7.47. The van der Waals surface area contributed by atoms with Gasteiger partial charge in [0, 0.05) is 30.7 Å². The quantitative estimate of drug-likeness (QED) is 0.777. The van der Waals surface area contributed by atoms with Crippen LogP contribution in [0.15, 0.2) is 27.6 Å². The first kappa shape index (κ1) is 17.1. The molecule has 7 nitrogen and oxygen atoms in total. The molecular formula is C10H13BrClN3O4S2. The molecule has 0 bridgehead atoms. The van der Waals surface area contributed by atoms with E-state index in [1.165, 1.54) is 22.5 Å². The van der Waals surface area contributed by atoms with Gasteiger partial charge in [0.05, 0.1) is 9.92 Å². The second-order valence-corrected chi connectivity index (χ2v) is 9.17. The molecule has 0 aromatic heterocycles. The molecule has 0 spiro atoms. The fourth-order valence-corrected chi connectivity index (χ4v) is 4.72. The first-order valence-electron chi connectivity index (χ1n) is 5.85. The Labute approximate surface area is 137 Å². The van der Waals surface area contributed by atoms with Crippen LogP contribution in [0.1, 0.15) is 0 Å². The molecule has 1 saturated heterocycles. The van der Waals surface area contributed by atoms with E-state index in [-0.39, 0.29) is 31.1 Å². The first-order valence-corrected chi connectivity index (χ1v) is 9.97. The van der Waals surface area contributed by atoms with Gasteiger partial charge in [-0.1, -0.05) is 11.6 Å². The van der Waals surface area contributed by atoms with Crippen LogP contribution < -0.4 is 5.14 Å². The van der Waals surface area contributed by atoms with Crippen LogP contribution in [0, 0.1) is 0 Å². The second-order valence-electron chi connectivity index (χ2n) is 4.42. The third-order valence-electron chi connectivity index (χ3n) is 3.09. The van der Waals surface area contributed by atoms with Crippen LogP contribution in [-0.4, -0.2) is 51.6 Å². The van der Waals surface area contributed by atoms with Gasteiger partial charge in [-0.05, 0) is 34.1 Å². The summed E-state index contributed by atoms with van der Waals surface area (Å²) in [6, 6.07) is 4.32. The largest absolute Gasteiger partial charge is 0.276 e. The summed E-state index contributed by atoms with van der Waals surface area (Å²) >= 11 is 9.02. The van der Waals surface area contributed by atoms with Gasteiger partial charge in [-0.25, -0.2) is 13.6 Å². The SMILES string of the molecule is NS(=O)(=O)N1CCN(S(=O)(=O)c2ccc(Cl)c(Br)c2)CC1. The molecule has 11 heteroatoms. The highest BCUT2D eigenvalue weighted by atomic mass is 79.9. The Kier molecular flexibility index (Phi) is 4.98. The number of hydrogen-bond acceptors (Lipinski definition) is 4. The summed E-state index contributed by atoms with van der Waals surface area (Å²) in [6.07, 6.45) is 0. The van der Waals surface area contributed by atoms with Crippen molar-refractivity contribution in [1.82, 2.24) is 8.61 Å². The molecule has 0 saturated carbocycles. The monoisotopic (exact) mass is 417 g/mol. The normalized spacial score (nSPS) is 18.8. The maximum atomic E-state index is 12.5. The van der Waals surface area contributed by atoms with Crippen LogP contribution in [0.25, 0.3) is 0 Å². The number of benzene rings is 1. The summed E-state index contributed by atoms with van der Waals surface area (Å²) in [5, 5.41) is 5.43. The predicted octanol–water partition coefficient (Wildman–Crippen LogP) is 0.612. The number of halogens is 2. The summed E-state index contributed by atoms with van der Waals surface area (Å²) in [5.74, 6) is 0. The molecule has 21 heavy (non-hydrogen) atoms. The summed E-state index contributed by atoms with van der Waals surface area (Å²) in [4.78, 5) is 0.0998. The minimum atomic E-state index is -3.78. The van der Waals surface area contributed by atoms with Crippen molar-refractivity contribution in [2.24, 2.45) is 5.14 Å². The molecule has 1 fully saturated rings. The molecule has 2 N–H and O–H groups in total. The lowest BCUT2D eigenvalue weighted by molar-refractivity contribution is 0.273. The topological polar surface area (TPSA) is 101 Å². The van der Waals surface area contributed by atoms with Crippen LogP contribution in [0.2, 0.25) is 5.02 Å². The van der Waals surface area contributed by atoms with Crippen LogP contribution in [0.3, 0.4) is 0 Å². The molecule has 1 aromatic rings. The van der Waals surface area contributed by atoms with E-state index in [1.54, 1.807) is 0 Å². The van der Waals surface area contributed by atoms with Crippen molar-refractivity contribution >= 4 is 47.8 Å². The second kappa shape index (κ2) is 6.11. The molecular weight excluding hydrogens is 406 g/mol. The molecule has 2 rings (SSSR count). The van der Waals surface area contributed by atoms with E-state index in [0.29, 0.717) is 9.50 Å². The van der Waals surface area contributed by atoms with Crippen molar-refractivity contribution in [2.75, 3.05) is 26.2 Å². The summed E-state index contributed by atoms with van der Waals surface area (Å²) in [6.45, 7) is 0.178. The third-order valence-corrected chi connectivity index (χ3v) is 7.28. The number of hydrogen-bond donors (Lipinski definition) is 1. The average molecular weight is 419 g/mol. The Balaban J connectivity index is 2.20. The Morgan fingerprint density at radius 1 is 1.05 bits per heavy atom. The first-order chi connectivity index (χ1) is 9.62. The molecule has 1 aliphatic rings. The molecule has 1 aromatic carbocycles. The van der Waals surface area contributed by atoms with Gasteiger partial charge in [0.1, 0.15) is 0 Å². The van der Waals surface area contributed by atoms with E-state index in [0.717, 1.165) is 4.31 Å². The van der Waals surface area contributed by atoms with Gasteiger partial charge in [-0.15, -0.1) is 0 Å². The molecule has 0 aliphatic carbocycles. The Hall–Kier alpha value is -0.230. The molecule has 1 heterocycles. The van der Waals surface area contributed by atoms with Gasteiger partial charge in [0.2, 0.25) is 10.0 Å². The Bertz CT molecular complexity index is 746. The van der Waals surface area contributed by atoms with E-state index < -0.39 is 20.2 Å². The van der Waals surface area contributed by atoms with E-state index in [9.17, 15) is 16.8 Å². The highest BCUT2D eigenvalue weighted by Crippen LogP contribution is 2.27.